The third kappa shape index (κ3) is 7.64. The molecule has 138 valence electrons. The van der Waals surface area contributed by atoms with Crippen LogP contribution in [-0.4, -0.2) is 35.4 Å². The van der Waals surface area contributed by atoms with Gasteiger partial charge in [0.2, 0.25) is 5.89 Å². The maximum Gasteiger partial charge on any atom is 0.232 e. The van der Waals surface area contributed by atoms with E-state index in [1.165, 1.54) is 4.90 Å². The summed E-state index contributed by atoms with van der Waals surface area (Å²) in [7, 11) is 1.75. The van der Waals surface area contributed by atoms with E-state index in [1.807, 2.05) is 50.7 Å². The number of guanidine groups is 1. The minimum atomic E-state index is -0.139. The van der Waals surface area contributed by atoms with Crippen LogP contribution in [0.5, 0.6) is 0 Å². The zero-order valence-electron chi connectivity index (χ0n) is 15.1. The normalized spacial score (nSPS) is 11.8. The van der Waals surface area contributed by atoms with Crippen LogP contribution >= 0.6 is 35.7 Å². The number of hydrogen-bond acceptors (Lipinski definition) is 5. The van der Waals surface area contributed by atoms with Gasteiger partial charge in [-0.2, -0.15) is 4.98 Å². The first kappa shape index (κ1) is 21.8. The van der Waals surface area contributed by atoms with E-state index in [9.17, 15) is 0 Å². The lowest BCUT2D eigenvalue weighted by Gasteiger charge is -2.11. The third-order valence-corrected chi connectivity index (χ3v) is 4.17. The molecule has 2 N–H and O–H groups in total. The summed E-state index contributed by atoms with van der Waals surface area (Å²) >= 11 is 1.81. The summed E-state index contributed by atoms with van der Waals surface area (Å²) in [5.74, 6) is 2.95. The van der Waals surface area contributed by atoms with Crippen LogP contribution in [0.2, 0.25) is 0 Å². The Morgan fingerprint density at radius 3 is 2.52 bits per heavy atom. The van der Waals surface area contributed by atoms with Gasteiger partial charge in [0.1, 0.15) is 0 Å². The molecule has 0 saturated carbocycles. The highest BCUT2D eigenvalue weighted by molar-refractivity contribution is 14.0. The van der Waals surface area contributed by atoms with Crippen LogP contribution in [0.3, 0.4) is 0 Å². The fraction of sp³-hybridized carbons (Fsp3) is 0.471. The first-order valence-corrected chi connectivity index (χ1v) is 8.93. The molecule has 0 unspecified atom stereocenters. The van der Waals surface area contributed by atoms with Gasteiger partial charge in [-0.3, -0.25) is 4.99 Å². The van der Waals surface area contributed by atoms with Crippen molar-refractivity contribution in [3.8, 4) is 0 Å². The van der Waals surface area contributed by atoms with Crippen molar-refractivity contribution in [2.75, 3.05) is 19.3 Å². The van der Waals surface area contributed by atoms with Crippen molar-refractivity contribution in [2.24, 2.45) is 4.99 Å². The monoisotopic (exact) mass is 475 g/mol. The third-order valence-electron chi connectivity index (χ3n) is 3.15. The number of thioether (sulfide) groups is 1. The van der Waals surface area contributed by atoms with Crippen LogP contribution in [0, 0.1) is 0 Å². The van der Waals surface area contributed by atoms with Crippen molar-refractivity contribution in [1.29, 1.82) is 0 Å². The van der Waals surface area contributed by atoms with E-state index in [4.69, 9.17) is 4.52 Å². The van der Waals surface area contributed by atoms with Crippen molar-refractivity contribution >= 4 is 41.7 Å². The molecular weight excluding hydrogens is 449 g/mol. The van der Waals surface area contributed by atoms with E-state index in [0.29, 0.717) is 18.3 Å². The zero-order valence-corrected chi connectivity index (χ0v) is 18.2. The minimum Gasteiger partial charge on any atom is -0.356 e. The van der Waals surface area contributed by atoms with E-state index >= 15 is 0 Å². The Morgan fingerprint density at radius 2 is 1.92 bits per heavy atom. The Kier molecular flexibility index (Phi) is 9.26. The second kappa shape index (κ2) is 10.6. The Labute approximate surface area is 170 Å². The van der Waals surface area contributed by atoms with Gasteiger partial charge in [-0.25, -0.2) is 0 Å². The Bertz CT molecular complexity index is 655. The first-order valence-electron chi connectivity index (χ1n) is 7.94. The fourth-order valence-corrected chi connectivity index (χ4v) is 2.66. The summed E-state index contributed by atoms with van der Waals surface area (Å²) < 4.78 is 5.28. The van der Waals surface area contributed by atoms with Crippen LogP contribution < -0.4 is 10.6 Å². The average Bonchev–Trinajstić information content (AvgIpc) is 3.04. The number of aromatic nitrogens is 2. The number of halogens is 1. The first-order chi connectivity index (χ1) is 11.5. The summed E-state index contributed by atoms with van der Waals surface area (Å²) in [6.07, 6.45) is 0. The van der Waals surface area contributed by atoms with Crippen LogP contribution in [0.15, 0.2) is 44.7 Å². The molecule has 1 heterocycles. The lowest BCUT2D eigenvalue weighted by atomic mass is 9.97. The average molecular weight is 475 g/mol. The molecule has 0 amide bonds. The molecule has 0 fully saturated rings. The van der Waals surface area contributed by atoms with Gasteiger partial charge in [-0.15, -0.1) is 35.7 Å². The molecule has 0 atom stereocenters. The van der Waals surface area contributed by atoms with E-state index in [0.717, 1.165) is 18.3 Å². The van der Waals surface area contributed by atoms with Gasteiger partial charge < -0.3 is 15.2 Å². The summed E-state index contributed by atoms with van der Waals surface area (Å²) in [5.41, 5.74) is -0.139. The summed E-state index contributed by atoms with van der Waals surface area (Å²) in [5, 5.41) is 10.5. The summed E-state index contributed by atoms with van der Waals surface area (Å²) in [6, 6.07) is 10.3. The van der Waals surface area contributed by atoms with Crippen LogP contribution in [0.1, 0.15) is 32.5 Å². The van der Waals surface area contributed by atoms with Crippen molar-refractivity contribution < 1.29 is 4.52 Å². The second-order valence-corrected chi connectivity index (χ2v) is 7.45. The Morgan fingerprint density at radius 1 is 1.20 bits per heavy atom. The lowest BCUT2D eigenvalue weighted by Crippen LogP contribution is -2.38. The highest BCUT2D eigenvalue weighted by atomic mass is 127. The number of nitrogens with zero attached hydrogens (tertiary/aromatic N) is 3. The second-order valence-electron chi connectivity index (χ2n) is 6.28. The van der Waals surface area contributed by atoms with Gasteiger partial charge >= 0.3 is 0 Å². The molecule has 1 aromatic heterocycles. The van der Waals surface area contributed by atoms with Gasteiger partial charge in [0.15, 0.2) is 11.8 Å². The molecule has 25 heavy (non-hydrogen) atoms. The number of hydrogen-bond donors (Lipinski definition) is 2. The van der Waals surface area contributed by atoms with Crippen molar-refractivity contribution in [3.05, 3.63) is 42.0 Å². The standard InChI is InChI=1S/C17H25N5OS.HI/c1-17(2,3)15-21-14(22-23-15)12-20-16(18-4)19-10-11-24-13-8-6-5-7-9-13;/h5-9H,10-12H2,1-4H3,(H2,18,19,20);1H. The predicted octanol–water partition coefficient (Wildman–Crippen LogP) is 3.44. The molecule has 0 bridgehead atoms. The van der Waals surface area contributed by atoms with Crippen molar-refractivity contribution in [3.63, 3.8) is 0 Å². The topological polar surface area (TPSA) is 75.3 Å². The molecule has 2 rings (SSSR count). The molecule has 2 aromatic rings. The molecule has 0 saturated heterocycles. The van der Waals surface area contributed by atoms with Gasteiger partial charge in [0, 0.05) is 29.7 Å². The summed E-state index contributed by atoms with van der Waals surface area (Å²) in [4.78, 5) is 9.87. The Hall–Kier alpha value is -1.29. The molecule has 6 nitrogen and oxygen atoms in total. The van der Waals surface area contributed by atoms with E-state index < -0.39 is 0 Å². The number of rotatable bonds is 6. The minimum absolute atomic E-state index is 0. The fourth-order valence-electron chi connectivity index (χ4n) is 1.87. The maximum absolute atomic E-state index is 5.28. The quantitative estimate of drug-likeness (QED) is 0.219. The molecule has 0 radical (unpaired) electrons. The maximum atomic E-state index is 5.28. The highest BCUT2D eigenvalue weighted by Gasteiger charge is 2.21. The van der Waals surface area contributed by atoms with E-state index in [2.05, 4.69) is 37.9 Å². The van der Waals surface area contributed by atoms with Crippen molar-refractivity contribution in [1.82, 2.24) is 20.8 Å². The van der Waals surface area contributed by atoms with E-state index in [-0.39, 0.29) is 29.4 Å². The van der Waals surface area contributed by atoms with Gasteiger partial charge in [-0.1, -0.05) is 44.1 Å². The molecule has 0 aliphatic rings. The zero-order chi connectivity index (χ0) is 17.4. The van der Waals surface area contributed by atoms with E-state index in [1.54, 1.807) is 7.05 Å². The molecule has 1 aromatic carbocycles. The molecule has 0 aliphatic carbocycles. The van der Waals surface area contributed by atoms with Gasteiger partial charge in [0.05, 0.1) is 6.54 Å². The highest BCUT2D eigenvalue weighted by Crippen LogP contribution is 2.19. The van der Waals surface area contributed by atoms with Crippen LogP contribution in [-0.2, 0) is 12.0 Å². The van der Waals surface area contributed by atoms with Crippen molar-refractivity contribution in [2.45, 2.75) is 37.6 Å². The number of nitrogens with one attached hydrogen (secondary N) is 2. The molecule has 8 heteroatoms. The molecular formula is C17H26IN5OS. The van der Waals surface area contributed by atoms with Crippen LogP contribution in [0.25, 0.3) is 0 Å². The number of aliphatic imine (C=N–C) groups is 1. The molecule has 0 aliphatic heterocycles. The van der Waals surface area contributed by atoms with Gasteiger partial charge in [-0.05, 0) is 12.1 Å². The van der Waals surface area contributed by atoms with Gasteiger partial charge in [0.25, 0.3) is 0 Å². The SMILES string of the molecule is CN=C(NCCSc1ccccc1)NCc1noc(C(C)(C)C)n1.I. The summed E-state index contributed by atoms with van der Waals surface area (Å²) in [6.45, 7) is 7.43. The molecule has 0 spiro atoms. The largest absolute Gasteiger partial charge is 0.356 e. The number of benzene rings is 1. The smallest absolute Gasteiger partial charge is 0.232 e. The van der Waals surface area contributed by atoms with Crippen LogP contribution in [0.4, 0.5) is 0 Å². The Balaban J connectivity index is 0.00000312. The lowest BCUT2D eigenvalue weighted by molar-refractivity contribution is 0.318. The predicted molar refractivity (Wildman–Crippen MR) is 114 cm³/mol.